The van der Waals surface area contributed by atoms with E-state index in [0.29, 0.717) is 0 Å². The van der Waals surface area contributed by atoms with Crippen molar-refractivity contribution in [1.29, 1.82) is 0 Å². The average Bonchev–Trinajstić information content (AvgIpc) is 3.20. The normalized spacial score (nSPS) is 23.6. The number of nitrogens with one attached hydrogen (secondary N) is 1. The lowest BCUT2D eigenvalue weighted by Crippen LogP contribution is -2.48. The molecule has 1 N–H and O–H groups in total. The van der Waals surface area contributed by atoms with Gasteiger partial charge in [-0.25, -0.2) is 0 Å². The van der Waals surface area contributed by atoms with E-state index in [2.05, 4.69) is 22.0 Å². The van der Waals surface area contributed by atoms with E-state index in [4.69, 9.17) is 18.9 Å². The first kappa shape index (κ1) is 21.9. The SMILES string of the molecule is C/C=C1\CN2CCc3c([nH]c4cccc(OC)c34)[C@@H]2C[C@@H]1C(C(=O)OC)C(OC)OC. The summed E-state index contributed by atoms with van der Waals surface area (Å²) >= 11 is 0. The van der Waals surface area contributed by atoms with Crippen molar-refractivity contribution in [3.8, 4) is 5.75 Å². The minimum atomic E-state index is -0.662. The van der Waals surface area contributed by atoms with Gasteiger partial charge in [-0.1, -0.05) is 17.7 Å². The number of carbonyl (C=O) groups is 1. The van der Waals surface area contributed by atoms with Crippen molar-refractivity contribution in [2.24, 2.45) is 11.8 Å². The van der Waals surface area contributed by atoms with E-state index < -0.39 is 12.2 Å². The Balaban J connectivity index is 1.77. The zero-order valence-corrected chi connectivity index (χ0v) is 18.9. The second-order valence-electron chi connectivity index (χ2n) is 8.23. The number of rotatable bonds is 6. The summed E-state index contributed by atoms with van der Waals surface area (Å²) in [5.74, 6) is 0.0255. The van der Waals surface area contributed by atoms with Crippen LogP contribution in [0, 0.1) is 11.8 Å². The van der Waals surface area contributed by atoms with E-state index in [0.717, 1.165) is 37.2 Å². The highest BCUT2D eigenvalue weighted by Crippen LogP contribution is 2.47. The maximum absolute atomic E-state index is 12.8. The number of methoxy groups -OCH3 is 4. The van der Waals surface area contributed by atoms with Gasteiger partial charge in [0.15, 0.2) is 6.29 Å². The summed E-state index contributed by atoms with van der Waals surface area (Å²) in [6, 6.07) is 6.30. The number of benzene rings is 1. The van der Waals surface area contributed by atoms with Crippen LogP contribution in [0.3, 0.4) is 0 Å². The van der Waals surface area contributed by atoms with Crippen LogP contribution >= 0.6 is 0 Å². The molecule has 0 amide bonds. The molecule has 2 aliphatic heterocycles. The third-order valence-corrected chi connectivity index (χ3v) is 6.94. The maximum atomic E-state index is 12.8. The van der Waals surface area contributed by atoms with Crippen LogP contribution in [0.5, 0.6) is 5.75 Å². The van der Waals surface area contributed by atoms with Gasteiger partial charge in [0, 0.05) is 49.8 Å². The van der Waals surface area contributed by atoms with Crippen molar-refractivity contribution in [2.75, 3.05) is 41.5 Å². The fraction of sp³-hybridized carbons (Fsp3) is 0.542. The number of fused-ring (bicyclic) bond motifs is 5. The first-order valence-electron chi connectivity index (χ1n) is 10.8. The second-order valence-corrected chi connectivity index (χ2v) is 8.23. The number of hydrogen-bond acceptors (Lipinski definition) is 6. The fourth-order valence-corrected chi connectivity index (χ4v) is 5.48. The molecule has 1 unspecified atom stereocenters. The Morgan fingerprint density at radius 1 is 1.23 bits per heavy atom. The topological polar surface area (TPSA) is 73.0 Å². The molecule has 2 aromatic rings. The molecule has 1 saturated heterocycles. The van der Waals surface area contributed by atoms with Gasteiger partial charge in [-0.05, 0) is 37.5 Å². The number of H-pyrrole nitrogens is 1. The van der Waals surface area contributed by atoms with Gasteiger partial charge in [0.2, 0.25) is 0 Å². The van der Waals surface area contributed by atoms with Crippen LogP contribution < -0.4 is 4.74 Å². The highest BCUT2D eigenvalue weighted by atomic mass is 16.7. The number of aromatic nitrogens is 1. The molecular formula is C24H32N2O5. The Kier molecular flexibility index (Phi) is 6.36. The summed E-state index contributed by atoms with van der Waals surface area (Å²) in [6.07, 6.45) is 3.21. The molecule has 2 aliphatic rings. The maximum Gasteiger partial charge on any atom is 0.314 e. The number of hydrogen-bond donors (Lipinski definition) is 1. The third kappa shape index (κ3) is 3.64. The van der Waals surface area contributed by atoms with Crippen molar-refractivity contribution >= 4 is 16.9 Å². The minimum absolute atomic E-state index is 0.0390. The summed E-state index contributed by atoms with van der Waals surface area (Å²) in [5.41, 5.74) is 4.86. The predicted molar refractivity (Wildman–Crippen MR) is 118 cm³/mol. The summed E-state index contributed by atoms with van der Waals surface area (Å²) in [5, 5.41) is 1.17. The number of allylic oxidation sites excluding steroid dienone is 1. The highest BCUT2D eigenvalue weighted by molar-refractivity contribution is 5.91. The molecule has 1 fully saturated rings. The lowest BCUT2D eigenvalue weighted by atomic mass is 9.75. The van der Waals surface area contributed by atoms with E-state index in [1.54, 1.807) is 21.3 Å². The number of carbonyl (C=O) groups excluding carboxylic acids is 1. The van der Waals surface area contributed by atoms with Gasteiger partial charge in [-0.2, -0.15) is 0 Å². The molecule has 31 heavy (non-hydrogen) atoms. The molecule has 0 saturated carbocycles. The van der Waals surface area contributed by atoms with Gasteiger partial charge < -0.3 is 23.9 Å². The number of ether oxygens (including phenoxy) is 4. The quantitative estimate of drug-likeness (QED) is 0.432. The van der Waals surface area contributed by atoms with Gasteiger partial charge in [-0.15, -0.1) is 0 Å². The van der Waals surface area contributed by atoms with Gasteiger partial charge in [0.1, 0.15) is 11.7 Å². The number of nitrogens with zero attached hydrogens (tertiary/aromatic N) is 1. The molecule has 4 rings (SSSR count). The van der Waals surface area contributed by atoms with Crippen LogP contribution in [-0.2, 0) is 25.4 Å². The lowest BCUT2D eigenvalue weighted by Gasteiger charge is -2.46. The molecule has 0 bridgehead atoms. The molecule has 3 heterocycles. The zero-order valence-electron chi connectivity index (χ0n) is 18.9. The molecule has 7 nitrogen and oxygen atoms in total. The third-order valence-electron chi connectivity index (χ3n) is 6.94. The van der Waals surface area contributed by atoms with E-state index in [-0.39, 0.29) is 17.9 Å². The molecule has 0 radical (unpaired) electrons. The van der Waals surface area contributed by atoms with E-state index in [1.165, 1.54) is 29.3 Å². The smallest absolute Gasteiger partial charge is 0.314 e. The largest absolute Gasteiger partial charge is 0.496 e. The van der Waals surface area contributed by atoms with Crippen molar-refractivity contribution in [2.45, 2.75) is 32.1 Å². The molecule has 3 atom stereocenters. The predicted octanol–water partition coefficient (Wildman–Crippen LogP) is 3.45. The van der Waals surface area contributed by atoms with Crippen LogP contribution in [0.1, 0.15) is 30.6 Å². The Labute approximate surface area is 183 Å². The zero-order chi connectivity index (χ0) is 22.1. The van der Waals surface area contributed by atoms with Gasteiger partial charge >= 0.3 is 5.97 Å². The Bertz CT molecular complexity index is 978. The molecule has 1 aromatic heterocycles. The lowest BCUT2D eigenvalue weighted by molar-refractivity contribution is -0.182. The molecule has 0 spiro atoms. The van der Waals surface area contributed by atoms with Gasteiger partial charge in [0.25, 0.3) is 0 Å². The summed E-state index contributed by atoms with van der Waals surface area (Å²) in [7, 11) is 6.27. The Morgan fingerprint density at radius 2 is 2.00 bits per heavy atom. The van der Waals surface area contributed by atoms with E-state index in [9.17, 15) is 4.79 Å². The van der Waals surface area contributed by atoms with Crippen LogP contribution in [-0.4, -0.2) is 63.7 Å². The first-order chi connectivity index (χ1) is 15.1. The highest BCUT2D eigenvalue weighted by Gasteiger charge is 2.45. The van der Waals surface area contributed by atoms with Crippen LogP contribution in [0.2, 0.25) is 0 Å². The minimum Gasteiger partial charge on any atom is -0.496 e. The summed E-state index contributed by atoms with van der Waals surface area (Å²) in [4.78, 5) is 19.0. The fourth-order valence-electron chi connectivity index (χ4n) is 5.48. The number of esters is 1. The van der Waals surface area contributed by atoms with Crippen molar-refractivity contribution in [3.63, 3.8) is 0 Å². The first-order valence-corrected chi connectivity index (χ1v) is 10.8. The number of piperidine rings is 1. The molecule has 1 aromatic carbocycles. The number of aromatic amines is 1. The van der Waals surface area contributed by atoms with Crippen LogP contribution in [0.25, 0.3) is 10.9 Å². The summed E-state index contributed by atoms with van der Waals surface area (Å²) in [6.45, 7) is 3.81. The average molecular weight is 429 g/mol. The molecule has 0 aliphatic carbocycles. The monoisotopic (exact) mass is 428 g/mol. The van der Waals surface area contributed by atoms with Crippen LogP contribution in [0.15, 0.2) is 29.8 Å². The molecular weight excluding hydrogens is 396 g/mol. The summed E-state index contributed by atoms with van der Waals surface area (Å²) < 4.78 is 21.9. The van der Waals surface area contributed by atoms with Crippen molar-refractivity contribution in [3.05, 3.63) is 41.1 Å². The Morgan fingerprint density at radius 3 is 2.65 bits per heavy atom. The van der Waals surface area contributed by atoms with Gasteiger partial charge in [0.05, 0.1) is 20.3 Å². The van der Waals surface area contributed by atoms with E-state index >= 15 is 0 Å². The van der Waals surface area contributed by atoms with Gasteiger partial charge in [-0.3, -0.25) is 9.69 Å². The van der Waals surface area contributed by atoms with Crippen LogP contribution in [0.4, 0.5) is 0 Å². The second kappa shape index (κ2) is 9.02. The molecule has 7 heteroatoms. The standard InChI is InChI=1S/C24H32N2O5/c1-6-14-13-26-11-10-15-20-17(8-7-9-19(20)28-2)25-22(15)18(26)12-16(14)21(23(27)29-3)24(30-4)31-5/h6-9,16,18,21,24-25H,10-13H2,1-5H3/b14-6+/t16-,18-,21?/m0/s1. The van der Waals surface area contributed by atoms with E-state index in [1.807, 2.05) is 19.1 Å². The van der Waals surface area contributed by atoms with Crippen molar-refractivity contribution < 1.29 is 23.7 Å². The Hall–Kier alpha value is -2.35. The molecule has 168 valence electrons. The van der Waals surface area contributed by atoms with Crippen molar-refractivity contribution in [1.82, 2.24) is 9.88 Å².